The van der Waals surface area contributed by atoms with Gasteiger partial charge in [0.25, 0.3) is 10.1 Å². The summed E-state index contributed by atoms with van der Waals surface area (Å²) < 4.78 is 116. The van der Waals surface area contributed by atoms with Gasteiger partial charge in [0.05, 0.1) is 51.1 Å². The lowest BCUT2D eigenvalue weighted by Crippen LogP contribution is -2.68. The Balaban J connectivity index is 1.05. The Morgan fingerprint density at radius 2 is 0.494 bits per heavy atom. The molecule has 15 saturated heterocycles. The van der Waals surface area contributed by atoms with Crippen LogP contribution in [0.2, 0.25) is 0 Å². The highest BCUT2D eigenvalue weighted by Crippen LogP contribution is 2.40. The molecule has 1 aromatic rings. The zero-order valence-corrected chi connectivity index (χ0v) is 48.4. The smallest absolute Gasteiger partial charge is 0.298 e. The van der Waals surface area contributed by atoms with Gasteiger partial charge in [0.2, 0.25) is 0 Å². The summed E-state index contributed by atoms with van der Waals surface area (Å²) in [7, 11) is -5.08. The van der Waals surface area contributed by atoms with Crippen molar-refractivity contribution in [2.45, 2.75) is 241 Å². The summed E-state index contributed by atoms with van der Waals surface area (Å²) in [6.07, 6.45) is -73.5. The molecule has 0 aromatic heterocycles. The van der Waals surface area contributed by atoms with Crippen LogP contribution in [-0.4, -0.2) is 372 Å². The van der Waals surface area contributed by atoms with E-state index in [-0.39, 0.29) is 11.1 Å². The molecule has 0 amide bonds. The van der Waals surface area contributed by atoms with Crippen LogP contribution in [-0.2, 0) is 80.6 Å². The van der Waals surface area contributed by atoms with Crippen molar-refractivity contribution in [3.63, 3.8) is 0 Å². The third-order valence-corrected chi connectivity index (χ3v) is 18.5. The fourth-order valence-corrected chi connectivity index (χ4v) is 13.8. The van der Waals surface area contributed by atoms with Gasteiger partial charge in [-0.15, -0.1) is 0 Å². The summed E-state index contributed by atoms with van der Waals surface area (Å²) in [5.41, 5.74) is 0.932. The van der Waals surface area contributed by atoms with Crippen molar-refractivity contribution in [2.75, 3.05) is 46.2 Å². The first-order valence-electron chi connectivity index (χ1n) is 28.5. The van der Waals surface area contributed by atoms with Crippen molar-refractivity contribution in [3.8, 4) is 0 Å². The lowest BCUT2D eigenvalue weighted by molar-refractivity contribution is -0.396. The van der Waals surface area contributed by atoms with E-state index >= 15 is 0 Å². The first-order chi connectivity index (χ1) is 42.2. The molecular weight excluding hydrogens is 1240 g/mol. The van der Waals surface area contributed by atoms with Crippen LogP contribution in [0.1, 0.15) is 16.7 Å². The average Bonchev–Trinajstić information content (AvgIpc) is 1.40. The topological polar surface area (TPSA) is 577 Å². The molecule has 1 aromatic carbocycles. The minimum atomic E-state index is -5.08. The summed E-state index contributed by atoms with van der Waals surface area (Å²) in [4.78, 5) is -0.411. The van der Waals surface area contributed by atoms with Crippen molar-refractivity contribution < 1.29 is 181 Å². The minimum Gasteiger partial charge on any atom is -0.394 e. The molecule has 512 valence electrons. The van der Waals surface area contributed by atoms with Crippen molar-refractivity contribution in [2.24, 2.45) is 0 Å². The van der Waals surface area contributed by atoms with Gasteiger partial charge in [0, 0.05) is 0 Å². The van der Waals surface area contributed by atoms with Crippen molar-refractivity contribution in [1.82, 2.24) is 0 Å². The lowest BCUT2D eigenvalue weighted by atomic mass is 9.95. The second-order valence-electron chi connectivity index (χ2n) is 22.9. The molecule has 15 aliphatic heterocycles. The van der Waals surface area contributed by atoms with Gasteiger partial charge in [0.15, 0.2) is 50.1 Å². The van der Waals surface area contributed by atoms with Gasteiger partial charge in [-0.05, 0) is 31.9 Å². The fraction of sp³-hybridized carbons (Fsp3) is 0.882. The van der Waals surface area contributed by atoms with Crippen LogP contribution in [0.25, 0.3) is 0 Å². The van der Waals surface area contributed by atoms with Crippen LogP contribution in [0.3, 0.4) is 0 Å². The number of ether oxygens (including phenoxy) is 14. The zero-order chi connectivity index (χ0) is 65.0. The maximum atomic E-state index is 14.4. The summed E-state index contributed by atoms with van der Waals surface area (Å²) in [6, 6.07) is 2.98. The van der Waals surface area contributed by atoms with Crippen LogP contribution >= 0.6 is 0 Å². The Morgan fingerprint density at radius 3 is 0.708 bits per heavy atom. The summed E-state index contributed by atoms with van der Waals surface area (Å²) in [5, 5.41) is 224. The molecule has 0 unspecified atom stereocenters. The number of aliphatic hydroxyl groups is 20. The third kappa shape index (κ3) is 14.1. The molecule has 0 radical (unpaired) electrons. The Bertz CT molecular complexity index is 2530. The lowest BCUT2D eigenvalue weighted by Gasteiger charge is -2.50. The molecule has 20 N–H and O–H groups in total. The molecule has 38 heteroatoms. The third-order valence-electron chi connectivity index (χ3n) is 16.9. The summed E-state index contributed by atoms with van der Waals surface area (Å²) in [6.45, 7) is -3.23. The van der Waals surface area contributed by atoms with E-state index in [0.717, 1.165) is 0 Å². The normalized spacial score (nSPS) is 49.7. The van der Waals surface area contributed by atoms with Gasteiger partial charge in [0.1, 0.15) is 165 Å². The van der Waals surface area contributed by atoms with Gasteiger partial charge < -0.3 is 168 Å². The first kappa shape index (κ1) is 71.1. The molecule has 15 aliphatic rings. The number of fused-ring (bicyclic) bond motifs is 7. The van der Waals surface area contributed by atoms with E-state index in [1.54, 1.807) is 6.92 Å². The zero-order valence-electron chi connectivity index (χ0n) is 47.6. The van der Waals surface area contributed by atoms with E-state index in [4.69, 9.17) is 70.5 Å². The number of benzene rings is 1. The van der Waals surface area contributed by atoms with Gasteiger partial charge >= 0.3 is 0 Å². The van der Waals surface area contributed by atoms with E-state index < -0.39 is 276 Å². The quantitative estimate of drug-likeness (QED) is 0.0967. The molecule has 0 spiro atoms. The van der Waals surface area contributed by atoms with Gasteiger partial charge in [-0.2, -0.15) is 8.42 Å². The fourth-order valence-electron chi connectivity index (χ4n) is 12.3. The molecule has 16 rings (SSSR count). The molecule has 0 aliphatic carbocycles. The molecule has 37 nitrogen and oxygen atoms in total. The maximum absolute atomic E-state index is 14.4. The van der Waals surface area contributed by atoms with E-state index in [1.165, 1.54) is 26.0 Å². The summed E-state index contributed by atoms with van der Waals surface area (Å²) >= 11 is 0. The minimum absolute atomic E-state index is 0.150. The highest BCUT2D eigenvalue weighted by Gasteiger charge is 2.60. The van der Waals surface area contributed by atoms with Crippen LogP contribution in [0.4, 0.5) is 0 Å². The molecule has 15 heterocycles. The van der Waals surface area contributed by atoms with E-state index in [2.05, 4.69) is 0 Å². The first-order valence-corrected chi connectivity index (χ1v) is 29.9. The molecular formula is C51H80O37S. The standard InChI is InChI=1S/C51H80O37S/c1-13-4-14(2)44(15(3)5-13)89(72,73)88-43-35(71)42-22(12-58)80-51(43)87-41-21(11-57)79-49(34(70)28(41)64)85-39-19(9-55)77-47(32(68)26(39)62)83-37-17(7-53)75-45(30(66)24(37)60)81-36-16(6-52)74-46(29(65)23(36)59)82-38-18(8-54)76-48(31(67)25(38)61)84-40-20(10-56)78-50(86-42)33(69)27(40)63/h4-5,16-43,45-71H,6-12H2,1-3H3/t16-,17-,18-,19-,20-,21-,22-,23+,24-,25+,26-,27+,28-,29+,30-,31+,32-,33+,34-,35+,36-,37-,38-,39-,40-,41-,42-,43-,45-,46-,47-,48-,49-,50-,51-/m1/s1. The van der Waals surface area contributed by atoms with E-state index in [9.17, 15) is 111 Å². The van der Waals surface area contributed by atoms with Crippen LogP contribution in [0.15, 0.2) is 17.0 Å². The number of rotatable bonds is 10. The molecule has 14 bridgehead atoms. The van der Waals surface area contributed by atoms with Crippen molar-refractivity contribution >= 4 is 10.1 Å². The monoisotopic (exact) mass is 1320 g/mol. The summed E-state index contributed by atoms with van der Waals surface area (Å²) in [5.74, 6) is 0. The Hall–Kier alpha value is -2.23. The van der Waals surface area contributed by atoms with E-state index in [0.29, 0.717) is 5.56 Å². The predicted octanol–water partition coefficient (Wildman–Crippen LogP) is -12.9. The second-order valence-corrected chi connectivity index (χ2v) is 24.4. The van der Waals surface area contributed by atoms with Crippen LogP contribution in [0.5, 0.6) is 0 Å². The van der Waals surface area contributed by atoms with Crippen molar-refractivity contribution in [1.29, 1.82) is 0 Å². The number of hydrogen-bond donors (Lipinski definition) is 20. The molecule has 0 saturated carbocycles. The van der Waals surface area contributed by atoms with Crippen molar-refractivity contribution in [3.05, 3.63) is 28.8 Å². The van der Waals surface area contributed by atoms with Gasteiger partial charge in [-0.25, -0.2) is 0 Å². The molecule has 89 heavy (non-hydrogen) atoms. The van der Waals surface area contributed by atoms with Crippen LogP contribution < -0.4 is 0 Å². The number of hydrogen-bond acceptors (Lipinski definition) is 37. The number of aliphatic hydroxyl groups excluding tert-OH is 20. The van der Waals surface area contributed by atoms with Gasteiger partial charge in [-0.3, -0.25) is 4.18 Å². The largest absolute Gasteiger partial charge is 0.394 e. The average molecular weight is 1320 g/mol. The molecule has 15 fully saturated rings. The highest BCUT2D eigenvalue weighted by atomic mass is 32.2. The van der Waals surface area contributed by atoms with Gasteiger partial charge in [-0.1, -0.05) is 17.7 Å². The Labute approximate surface area is 505 Å². The molecule has 35 atom stereocenters. The highest BCUT2D eigenvalue weighted by molar-refractivity contribution is 7.86. The SMILES string of the molecule is Cc1cc(C)c(S(=O)(=O)O[C@H]2[C@H]3O[C@H]4[C@H](O)[C@@H](O)[C@@H](O[C@H]5[C@H](O)[C@@H](O)[C@@H](O[C@H]6[C@H](O)[C@@H](O)[C@@H](O[C@H]7[C@@H](O)[C@H](O)[C@@H](O[C@H]8[C@@H](O)[C@H](O)[C@@H](O[C@H]9[C@@H](O)[C@H](O)[C@@H](O[C@@H]([C@@H]2O)[C@@H](CO)O3)O[C@@H]9CO)O[C@@H]8CO)O[C@@H]7CO)O[C@@H]6CO)O[C@@H]5CO)O[C@@H]4CO)c(C)c1. The second kappa shape index (κ2) is 29.4. The van der Waals surface area contributed by atoms with Crippen LogP contribution in [0, 0.1) is 20.8 Å². The maximum Gasteiger partial charge on any atom is 0.298 e. The number of aryl methyl sites for hydroxylation is 3. The predicted molar refractivity (Wildman–Crippen MR) is 275 cm³/mol. The Kier molecular flexibility index (Phi) is 23.5. The van der Waals surface area contributed by atoms with E-state index in [1.807, 2.05) is 0 Å². The Morgan fingerprint density at radius 1 is 0.303 bits per heavy atom.